The van der Waals surface area contributed by atoms with Crippen molar-refractivity contribution < 1.29 is 0 Å². The Hall–Kier alpha value is -0.960. The van der Waals surface area contributed by atoms with Gasteiger partial charge < -0.3 is 16.0 Å². The van der Waals surface area contributed by atoms with Crippen molar-refractivity contribution in [3.8, 4) is 0 Å². The number of allylic oxidation sites excluding steroid dienone is 1. The van der Waals surface area contributed by atoms with Crippen LogP contribution in [-0.2, 0) is 0 Å². The average Bonchev–Trinajstić information content (AvgIpc) is 2.16. The van der Waals surface area contributed by atoms with Gasteiger partial charge in [0.15, 0.2) is 0 Å². The lowest BCUT2D eigenvalue weighted by molar-refractivity contribution is 0.597. The van der Waals surface area contributed by atoms with Crippen LogP contribution in [0.2, 0.25) is 0 Å². The summed E-state index contributed by atoms with van der Waals surface area (Å²) in [6.45, 7) is 0. The number of likely N-dealkylation sites (N-methyl/N-ethyl adjacent to an activating group) is 3. The highest BCUT2D eigenvalue weighted by atomic mass is 15.0. The highest BCUT2D eigenvalue weighted by Crippen LogP contribution is 2.13. The van der Waals surface area contributed by atoms with Crippen LogP contribution in [0.3, 0.4) is 0 Å². The van der Waals surface area contributed by atoms with Crippen molar-refractivity contribution >= 4 is 0 Å². The molecule has 3 nitrogen and oxygen atoms in total. The van der Waals surface area contributed by atoms with Crippen molar-refractivity contribution in [2.45, 2.75) is 12.5 Å². The molecule has 0 bridgehead atoms. The molecule has 0 aliphatic heterocycles. The van der Waals surface area contributed by atoms with Gasteiger partial charge in [-0.15, -0.1) is 0 Å². The van der Waals surface area contributed by atoms with E-state index in [9.17, 15) is 0 Å². The van der Waals surface area contributed by atoms with Crippen molar-refractivity contribution in [1.82, 2.24) is 16.0 Å². The summed E-state index contributed by atoms with van der Waals surface area (Å²) in [4.78, 5) is 0. The first-order valence-electron chi connectivity index (χ1n) is 4.26. The van der Waals surface area contributed by atoms with E-state index in [1.54, 1.807) is 0 Å². The molecule has 0 aromatic carbocycles. The van der Waals surface area contributed by atoms with Crippen LogP contribution in [0.25, 0.3) is 0 Å². The standard InChI is InChI=1S/C9H17N3/c1-10-7-4-5-8(11-2)9(6-7)12-3/h4,6,8,10-12H,5H2,1-3H3. The molecule has 68 valence electrons. The average molecular weight is 167 g/mol. The normalized spacial score (nSPS) is 22.8. The lowest BCUT2D eigenvalue weighted by Crippen LogP contribution is -2.34. The van der Waals surface area contributed by atoms with Gasteiger partial charge in [-0.05, 0) is 19.5 Å². The van der Waals surface area contributed by atoms with Crippen LogP contribution in [0.4, 0.5) is 0 Å². The van der Waals surface area contributed by atoms with Gasteiger partial charge in [-0.3, -0.25) is 0 Å². The molecule has 0 saturated carbocycles. The topological polar surface area (TPSA) is 36.1 Å². The lowest BCUT2D eigenvalue weighted by Gasteiger charge is -2.23. The molecule has 12 heavy (non-hydrogen) atoms. The Morgan fingerprint density at radius 2 is 2.00 bits per heavy atom. The number of nitrogens with one attached hydrogen (secondary N) is 3. The van der Waals surface area contributed by atoms with Gasteiger partial charge in [0.25, 0.3) is 0 Å². The van der Waals surface area contributed by atoms with E-state index in [0.717, 1.165) is 6.42 Å². The zero-order valence-corrected chi connectivity index (χ0v) is 7.94. The predicted octanol–water partition coefficient (Wildman–Crippen LogP) is 0.185. The lowest BCUT2D eigenvalue weighted by atomic mass is 10.0. The summed E-state index contributed by atoms with van der Waals surface area (Å²) in [6.07, 6.45) is 5.37. The third-order valence-electron chi connectivity index (χ3n) is 2.19. The first-order valence-corrected chi connectivity index (χ1v) is 4.26. The zero-order chi connectivity index (χ0) is 8.97. The minimum atomic E-state index is 0.437. The quantitative estimate of drug-likeness (QED) is 0.561. The van der Waals surface area contributed by atoms with Gasteiger partial charge in [-0.1, -0.05) is 6.08 Å². The summed E-state index contributed by atoms with van der Waals surface area (Å²) in [6, 6.07) is 0.437. The summed E-state index contributed by atoms with van der Waals surface area (Å²) >= 11 is 0. The fraction of sp³-hybridized carbons (Fsp3) is 0.556. The first-order chi connectivity index (χ1) is 5.81. The van der Waals surface area contributed by atoms with Crippen molar-refractivity contribution in [2.24, 2.45) is 0 Å². The molecule has 1 rings (SSSR count). The summed E-state index contributed by atoms with van der Waals surface area (Å²) in [5.74, 6) is 0. The predicted molar refractivity (Wildman–Crippen MR) is 51.8 cm³/mol. The third kappa shape index (κ3) is 1.80. The van der Waals surface area contributed by atoms with Crippen LogP contribution < -0.4 is 16.0 Å². The molecular formula is C9H17N3. The molecule has 0 fully saturated rings. The smallest absolute Gasteiger partial charge is 0.0503 e. The summed E-state index contributed by atoms with van der Waals surface area (Å²) < 4.78 is 0. The molecule has 1 aliphatic carbocycles. The maximum atomic E-state index is 3.25. The van der Waals surface area contributed by atoms with Crippen LogP contribution in [0.5, 0.6) is 0 Å². The maximum Gasteiger partial charge on any atom is 0.0503 e. The molecule has 1 unspecified atom stereocenters. The SMILES string of the molecule is CNC1=CCC(NC)C(NC)=C1. The molecule has 0 saturated heterocycles. The number of hydrogen-bond donors (Lipinski definition) is 3. The van der Waals surface area contributed by atoms with Crippen molar-refractivity contribution in [1.29, 1.82) is 0 Å². The zero-order valence-electron chi connectivity index (χ0n) is 7.94. The second kappa shape index (κ2) is 4.16. The Labute approximate surface area is 73.9 Å². The van der Waals surface area contributed by atoms with Gasteiger partial charge >= 0.3 is 0 Å². The largest absolute Gasteiger partial charge is 0.390 e. The van der Waals surface area contributed by atoms with Gasteiger partial charge in [-0.25, -0.2) is 0 Å². The highest BCUT2D eigenvalue weighted by molar-refractivity contribution is 5.29. The van der Waals surface area contributed by atoms with Crippen LogP contribution in [0.15, 0.2) is 23.5 Å². The second-order valence-electron chi connectivity index (χ2n) is 2.84. The fourth-order valence-corrected chi connectivity index (χ4v) is 1.39. The van der Waals surface area contributed by atoms with Crippen LogP contribution in [0, 0.1) is 0 Å². The Bertz CT molecular complexity index is 206. The summed E-state index contributed by atoms with van der Waals surface area (Å²) in [5.41, 5.74) is 2.43. The number of hydrogen-bond acceptors (Lipinski definition) is 3. The Balaban J connectivity index is 2.71. The molecule has 0 aromatic heterocycles. The molecule has 3 heteroatoms. The molecular weight excluding hydrogens is 150 g/mol. The maximum absolute atomic E-state index is 3.25. The van der Waals surface area contributed by atoms with E-state index in [1.165, 1.54) is 11.4 Å². The van der Waals surface area contributed by atoms with Crippen molar-refractivity contribution in [3.63, 3.8) is 0 Å². The fourth-order valence-electron chi connectivity index (χ4n) is 1.39. The molecule has 3 N–H and O–H groups in total. The van der Waals surface area contributed by atoms with Crippen LogP contribution in [-0.4, -0.2) is 27.2 Å². The second-order valence-corrected chi connectivity index (χ2v) is 2.84. The van der Waals surface area contributed by atoms with Gasteiger partial charge in [-0.2, -0.15) is 0 Å². The molecule has 0 aromatic rings. The highest BCUT2D eigenvalue weighted by Gasteiger charge is 2.13. The van der Waals surface area contributed by atoms with E-state index < -0.39 is 0 Å². The Kier molecular flexibility index (Phi) is 3.17. The van der Waals surface area contributed by atoms with E-state index in [0.29, 0.717) is 6.04 Å². The van der Waals surface area contributed by atoms with Crippen LogP contribution in [0.1, 0.15) is 6.42 Å². The molecule has 0 heterocycles. The van der Waals surface area contributed by atoms with E-state index in [4.69, 9.17) is 0 Å². The summed E-state index contributed by atoms with van der Waals surface area (Å²) in [5, 5.41) is 9.56. The van der Waals surface area contributed by atoms with E-state index in [1.807, 2.05) is 21.1 Å². The van der Waals surface area contributed by atoms with Gasteiger partial charge in [0.1, 0.15) is 0 Å². The molecule has 0 amide bonds. The minimum Gasteiger partial charge on any atom is -0.390 e. The Morgan fingerprint density at radius 3 is 2.50 bits per heavy atom. The van der Waals surface area contributed by atoms with Crippen LogP contribution >= 0.6 is 0 Å². The number of rotatable bonds is 3. The van der Waals surface area contributed by atoms with E-state index in [2.05, 4.69) is 28.1 Å². The Morgan fingerprint density at radius 1 is 1.25 bits per heavy atom. The molecule has 1 atom stereocenters. The molecule has 0 spiro atoms. The third-order valence-corrected chi connectivity index (χ3v) is 2.19. The van der Waals surface area contributed by atoms with Crippen molar-refractivity contribution in [2.75, 3.05) is 21.1 Å². The van der Waals surface area contributed by atoms with E-state index in [-0.39, 0.29) is 0 Å². The monoisotopic (exact) mass is 167 g/mol. The van der Waals surface area contributed by atoms with Crippen molar-refractivity contribution in [3.05, 3.63) is 23.5 Å². The van der Waals surface area contributed by atoms with Gasteiger partial charge in [0.05, 0.1) is 6.04 Å². The molecule has 1 aliphatic rings. The summed E-state index contributed by atoms with van der Waals surface area (Å²) in [7, 11) is 5.87. The van der Waals surface area contributed by atoms with E-state index >= 15 is 0 Å². The molecule has 0 radical (unpaired) electrons. The first kappa shape index (κ1) is 9.13. The van der Waals surface area contributed by atoms with Gasteiger partial charge in [0.2, 0.25) is 0 Å². The van der Waals surface area contributed by atoms with Gasteiger partial charge in [0, 0.05) is 25.5 Å². The minimum absolute atomic E-state index is 0.437.